The highest BCUT2D eigenvalue weighted by Gasteiger charge is 2.28. The second kappa shape index (κ2) is 8.67. The molecule has 0 bridgehead atoms. The van der Waals surface area contributed by atoms with Crippen molar-refractivity contribution in [1.29, 1.82) is 0 Å². The van der Waals surface area contributed by atoms with Crippen LogP contribution in [-0.4, -0.2) is 37.0 Å². The van der Waals surface area contributed by atoms with Gasteiger partial charge in [-0.1, -0.05) is 55.5 Å². The number of amides is 1. The van der Waals surface area contributed by atoms with E-state index in [0.29, 0.717) is 0 Å². The van der Waals surface area contributed by atoms with Crippen LogP contribution < -0.4 is 10.1 Å². The van der Waals surface area contributed by atoms with E-state index in [0.717, 1.165) is 55.9 Å². The van der Waals surface area contributed by atoms with Gasteiger partial charge in [0.2, 0.25) is 6.10 Å². The van der Waals surface area contributed by atoms with E-state index in [9.17, 15) is 4.79 Å². The summed E-state index contributed by atoms with van der Waals surface area (Å²) in [5.74, 6) is 0.834. The first kappa shape index (κ1) is 17.5. The van der Waals surface area contributed by atoms with E-state index in [1.807, 2.05) is 53.4 Å². The number of nitrogens with zero attached hydrogens (tertiary/aromatic N) is 1. The third kappa shape index (κ3) is 4.40. The zero-order valence-corrected chi connectivity index (χ0v) is 14.8. The molecule has 4 heteroatoms. The number of ether oxygens (including phenoxy) is 1. The van der Waals surface area contributed by atoms with Crippen molar-refractivity contribution >= 4 is 5.91 Å². The van der Waals surface area contributed by atoms with Crippen molar-refractivity contribution in [2.24, 2.45) is 0 Å². The van der Waals surface area contributed by atoms with Crippen LogP contribution >= 0.6 is 0 Å². The molecule has 0 saturated carbocycles. The van der Waals surface area contributed by atoms with Gasteiger partial charge < -0.3 is 15.0 Å². The van der Waals surface area contributed by atoms with Crippen molar-refractivity contribution in [2.75, 3.05) is 26.2 Å². The minimum atomic E-state index is -0.605. The smallest absolute Gasteiger partial charge is 0.268 e. The van der Waals surface area contributed by atoms with Crippen molar-refractivity contribution in [3.05, 3.63) is 65.7 Å². The molecule has 0 aromatic heterocycles. The number of benzene rings is 2. The number of hydrogen-bond donors (Lipinski definition) is 1. The van der Waals surface area contributed by atoms with E-state index in [-0.39, 0.29) is 5.91 Å². The molecular formula is C21H26N2O2. The summed E-state index contributed by atoms with van der Waals surface area (Å²) >= 11 is 0. The Labute approximate surface area is 149 Å². The molecule has 3 rings (SSSR count). The summed E-state index contributed by atoms with van der Waals surface area (Å²) in [6.45, 7) is 5.38. The summed E-state index contributed by atoms with van der Waals surface area (Å²) < 4.78 is 6.27. The number of hydrogen-bond acceptors (Lipinski definition) is 3. The first-order valence-electron chi connectivity index (χ1n) is 9.08. The lowest BCUT2D eigenvalue weighted by Crippen LogP contribution is -2.39. The second-order valence-corrected chi connectivity index (χ2v) is 6.30. The third-order valence-corrected chi connectivity index (χ3v) is 4.58. The molecule has 2 aromatic rings. The Morgan fingerprint density at radius 1 is 1.08 bits per heavy atom. The van der Waals surface area contributed by atoms with Crippen molar-refractivity contribution in [3.63, 3.8) is 0 Å². The summed E-state index contributed by atoms with van der Waals surface area (Å²) in [6, 6.07) is 17.8. The van der Waals surface area contributed by atoms with Crippen molar-refractivity contribution in [1.82, 2.24) is 10.2 Å². The summed E-state index contributed by atoms with van der Waals surface area (Å²) in [5.41, 5.74) is 2.02. The lowest BCUT2D eigenvalue weighted by atomic mass is 10.1. The Morgan fingerprint density at radius 2 is 1.84 bits per heavy atom. The largest absolute Gasteiger partial charge is 0.476 e. The van der Waals surface area contributed by atoms with Gasteiger partial charge in [0.25, 0.3) is 5.91 Å². The van der Waals surface area contributed by atoms with E-state index in [1.54, 1.807) is 0 Å². The highest BCUT2D eigenvalue weighted by atomic mass is 16.5. The fourth-order valence-electron chi connectivity index (χ4n) is 3.16. The minimum absolute atomic E-state index is 0.0424. The van der Waals surface area contributed by atoms with Crippen LogP contribution in [0.4, 0.5) is 0 Å². The zero-order valence-electron chi connectivity index (χ0n) is 14.8. The van der Waals surface area contributed by atoms with Gasteiger partial charge in [-0.15, -0.1) is 0 Å². The van der Waals surface area contributed by atoms with Crippen LogP contribution in [0.2, 0.25) is 0 Å². The fraction of sp³-hybridized carbons (Fsp3) is 0.381. The van der Waals surface area contributed by atoms with Gasteiger partial charge in [-0.3, -0.25) is 4.79 Å². The molecule has 4 nitrogen and oxygen atoms in total. The summed E-state index contributed by atoms with van der Waals surface area (Å²) in [5, 5.41) is 3.34. The first-order valence-corrected chi connectivity index (χ1v) is 9.08. The molecule has 0 aliphatic carbocycles. The molecule has 1 amide bonds. The normalized spacial score (nSPS) is 16.1. The number of carbonyl (C=O) groups excluding carboxylic acids is 1. The molecule has 0 spiro atoms. The van der Waals surface area contributed by atoms with Gasteiger partial charge in [0, 0.05) is 25.2 Å². The van der Waals surface area contributed by atoms with Gasteiger partial charge in [0.1, 0.15) is 5.75 Å². The summed E-state index contributed by atoms with van der Waals surface area (Å²) in [7, 11) is 0. The summed E-state index contributed by atoms with van der Waals surface area (Å²) in [4.78, 5) is 15.2. The molecule has 1 unspecified atom stereocenters. The first-order chi connectivity index (χ1) is 12.3. The SMILES string of the molecule is CCc1ccccc1OC(C(=O)N1CCCNCC1)c1ccccc1. The van der Waals surface area contributed by atoms with Gasteiger partial charge in [-0.2, -0.15) is 0 Å². The molecule has 132 valence electrons. The second-order valence-electron chi connectivity index (χ2n) is 6.30. The fourth-order valence-corrected chi connectivity index (χ4v) is 3.16. The van der Waals surface area contributed by atoms with E-state index in [1.165, 1.54) is 0 Å². The number of aryl methyl sites for hydroxylation is 1. The molecule has 1 N–H and O–H groups in total. The zero-order chi connectivity index (χ0) is 17.5. The van der Waals surface area contributed by atoms with E-state index >= 15 is 0 Å². The lowest BCUT2D eigenvalue weighted by Gasteiger charge is -2.27. The topological polar surface area (TPSA) is 41.6 Å². The molecule has 1 aliphatic rings. The van der Waals surface area contributed by atoms with Gasteiger partial charge in [0.05, 0.1) is 0 Å². The maximum Gasteiger partial charge on any atom is 0.268 e. The van der Waals surface area contributed by atoms with E-state index < -0.39 is 6.10 Å². The molecule has 0 radical (unpaired) electrons. The average Bonchev–Trinajstić information content (AvgIpc) is 2.96. The number of para-hydroxylation sites is 1. The molecular weight excluding hydrogens is 312 g/mol. The van der Waals surface area contributed by atoms with Crippen LogP contribution in [0.25, 0.3) is 0 Å². The Kier molecular flexibility index (Phi) is 6.07. The van der Waals surface area contributed by atoms with Crippen LogP contribution in [-0.2, 0) is 11.2 Å². The van der Waals surface area contributed by atoms with Gasteiger partial charge in [-0.05, 0) is 31.0 Å². The minimum Gasteiger partial charge on any atom is -0.476 e. The number of rotatable bonds is 5. The maximum atomic E-state index is 13.2. The van der Waals surface area contributed by atoms with Crippen LogP contribution in [0.1, 0.15) is 30.6 Å². The predicted molar refractivity (Wildman–Crippen MR) is 99.7 cm³/mol. The maximum absolute atomic E-state index is 13.2. The molecule has 1 fully saturated rings. The van der Waals surface area contributed by atoms with Crippen LogP contribution in [0, 0.1) is 0 Å². The Morgan fingerprint density at radius 3 is 2.64 bits per heavy atom. The van der Waals surface area contributed by atoms with Gasteiger partial charge in [-0.25, -0.2) is 0 Å². The van der Waals surface area contributed by atoms with Gasteiger partial charge >= 0.3 is 0 Å². The van der Waals surface area contributed by atoms with Crippen molar-refractivity contribution in [3.8, 4) is 5.75 Å². The molecule has 1 heterocycles. The summed E-state index contributed by atoms with van der Waals surface area (Å²) in [6.07, 6.45) is 1.24. The molecule has 1 aliphatic heterocycles. The number of nitrogens with one attached hydrogen (secondary N) is 1. The van der Waals surface area contributed by atoms with E-state index in [4.69, 9.17) is 4.74 Å². The molecule has 2 aromatic carbocycles. The van der Waals surface area contributed by atoms with Gasteiger partial charge in [0.15, 0.2) is 0 Å². The molecule has 1 atom stereocenters. The standard InChI is InChI=1S/C21H26N2O2/c1-2-17-9-6-7-12-19(17)25-20(18-10-4-3-5-11-18)21(24)23-15-8-13-22-14-16-23/h3-7,9-12,20,22H,2,8,13-16H2,1H3. The van der Waals surface area contributed by atoms with Crippen LogP contribution in [0.5, 0.6) is 5.75 Å². The van der Waals surface area contributed by atoms with Crippen LogP contribution in [0.15, 0.2) is 54.6 Å². The highest BCUT2D eigenvalue weighted by Crippen LogP contribution is 2.27. The Balaban J connectivity index is 1.88. The number of carbonyl (C=O) groups is 1. The van der Waals surface area contributed by atoms with Crippen molar-refractivity contribution < 1.29 is 9.53 Å². The molecule has 25 heavy (non-hydrogen) atoms. The van der Waals surface area contributed by atoms with Crippen LogP contribution in [0.3, 0.4) is 0 Å². The average molecular weight is 338 g/mol. The third-order valence-electron chi connectivity index (χ3n) is 4.58. The Bertz CT molecular complexity index is 679. The Hall–Kier alpha value is -2.33. The van der Waals surface area contributed by atoms with Crippen molar-refractivity contribution in [2.45, 2.75) is 25.9 Å². The lowest BCUT2D eigenvalue weighted by molar-refractivity contribution is -0.138. The highest BCUT2D eigenvalue weighted by molar-refractivity contribution is 5.82. The quantitative estimate of drug-likeness (QED) is 0.910. The molecule has 1 saturated heterocycles. The monoisotopic (exact) mass is 338 g/mol. The predicted octanol–water partition coefficient (Wildman–Crippen LogP) is 3.19. The van der Waals surface area contributed by atoms with E-state index in [2.05, 4.69) is 18.3 Å².